The number of halogens is 1. The first kappa shape index (κ1) is 13.3. The minimum Gasteiger partial charge on any atom is -0.491 e. The second-order valence-electron chi connectivity index (χ2n) is 4.11. The number of para-hydroxylation sites is 1. The molecule has 1 heterocycles. The van der Waals surface area contributed by atoms with Gasteiger partial charge in [-0.05, 0) is 19.9 Å². The lowest BCUT2D eigenvalue weighted by atomic mass is 10.1. The Morgan fingerprint density at radius 1 is 1.33 bits per heavy atom. The van der Waals surface area contributed by atoms with Gasteiger partial charge in [0.05, 0.1) is 12.3 Å². The predicted octanol–water partition coefficient (Wildman–Crippen LogP) is 3.67. The van der Waals surface area contributed by atoms with E-state index in [1.807, 2.05) is 38.1 Å². The first-order chi connectivity index (χ1) is 8.58. The SMILES string of the molecule is CC(C)Oc1ccccc1C(O)c1ncc(Cl)s1. The fourth-order valence-electron chi connectivity index (χ4n) is 1.59. The van der Waals surface area contributed by atoms with Crippen LogP contribution in [-0.4, -0.2) is 16.2 Å². The maximum Gasteiger partial charge on any atom is 0.134 e. The van der Waals surface area contributed by atoms with Gasteiger partial charge in [0.2, 0.25) is 0 Å². The highest BCUT2D eigenvalue weighted by Gasteiger charge is 2.18. The van der Waals surface area contributed by atoms with E-state index in [1.54, 1.807) is 0 Å². The van der Waals surface area contributed by atoms with Crippen molar-refractivity contribution in [3.05, 3.63) is 45.4 Å². The van der Waals surface area contributed by atoms with Crippen molar-refractivity contribution in [2.45, 2.75) is 26.1 Å². The van der Waals surface area contributed by atoms with E-state index in [0.29, 0.717) is 20.7 Å². The van der Waals surface area contributed by atoms with Crippen molar-refractivity contribution in [1.82, 2.24) is 4.98 Å². The predicted molar refractivity (Wildman–Crippen MR) is 73.4 cm³/mol. The molecule has 0 saturated heterocycles. The van der Waals surface area contributed by atoms with Gasteiger partial charge in [-0.3, -0.25) is 0 Å². The van der Waals surface area contributed by atoms with E-state index in [9.17, 15) is 5.11 Å². The van der Waals surface area contributed by atoms with Crippen LogP contribution in [0.2, 0.25) is 4.34 Å². The normalized spacial score (nSPS) is 12.7. The summed E-state index contributed by atoms with van der Waals surface area (Å²) in [6.07, 6.45) is 0.784. The van der Waals surface area contributed by atoms with Gasteiger partial charge in [-0.1, -0.05) is 29.8 Å². The molecule has 1 aromatic carbocycles. The third-order valence-corrected chi connectivity index (χ3v) is 3.47. The van der Waals surface area contributed by atoms with Gasteiger partial charge in [0.25, 0.3) is 0 Å². The molecule has 1 aromatic heterocycles. The summed E-state index contributed by atoms with van der Waals surface area (Å²) < 4.78 is 6.24. The minimum atomic E-state index is -0.808. The van der Waals surface area contributed by atoms with Crippen LogP contribution < -0.4 is 4.74 Å². The van der Waals surface area contributed by atoms with Crippen molar-refractivity contribution in [2.24, 2.45) is 0 Å². The molecule has 0 bridgehead atoms. The monoisotopic (exact) mass is 283 g/mol. The van der Waals surface area contributed by atoms with Gasteiger partial charge in [0.15, 0.2) is 0 Å². The Kier molecular flexibility index (Phi) is 4.22. The highest BCUT2D eigenvalue weighted by atomic mass is 35.5. The molecule has 0 aliphatic rings. The second-order valence-corrected chi connectivity index (χ2v) is 5.80. The Morgan fingerprint density at radius 2 is 2.06 bits per heavy atom. The Bertz CT molecular complexity index is 527. The number of aliphatic hydroxyl groups is 1. The lowest BCUT2D eigenvalue weighted by Crippen LogP contribution is -2.09. The lowest BCUT2D eigenvalue weighted by Gasteiger charge is -2.16. The fraction of sp³-hybridized carbons (Fsp3) is 0.308. The van der Waals surface area contributed by atoms with Gasteiger partial charge in [0.1, 0.15) is 21.2 Å². The summed E-state index contributed by atoms with van der Waals surface area (Å²) in [4.78, 5) is 4.09. The van der Waals surface area contributed by atoms with Gasteiger partial charge < -0.3 is 9.84 Å². The number of hydrogen-bond donors (Lipinski definition) is 1. The number of benzene rings is 1. The number of aromatic nitrogens is 1. The third kappa shape index (κ3) is 3.02. The Balaban J connectivity index is 2.32. The highest BCUT2D eigenvalue weighted by Crippen LogP contribution is 2.33. The summed E-state index contributed by atoms with van der Waals surface area (Å²) in [5.41, 5.74) is 0.706. The fourth-order valence-corrected chi connectivity index (χ4v) is 2.53. The molecule has 0 spiro atoms. The van der Waals surface area contributed by atoms with Gasteiger partial charge in [-0.2, -0.15) is 0 Å². The minimum absolute atomic E-state index is 0.0539. The van der Waals surface area contributed by atoms with Gasteiger partial charge in [-0.15, -0.1) is 11.3 Å². The molecule has 5 heteroatoms. The van der Waals surface area contributed by atoms with Crippen molar-refractivity contribution >= 4 is 22.9 Å². The van der Waals surface area contributed by atoms with Crippen LogP contribution in [0, 0.1) is 0 Å². The van der Waals surface area contributed by atoms with Crippen LogP contribution in [-0.2, 0) is 0 Å². The molecule has 0 aliphatic carbocycles. The van der Waals surface area contributed by atoms with Crippen LogP contribution in [0.1, 0.15) is 30.5 Å². The number of aliphatic hydroxyl groups excluding tert-OH is 1. The molecule has 2 aromatic rings. The molecular formula is C13H14ClNO2S. The van der Waals surface area contributed by atoms with Crippen LogP contribution in [0.15, 0.2) is 30.5 Å². The van der Waals surface area contributed by atoms with Gasteiger partial charge in [0, 0.05) is 5.56 Å². The van der Waals surface area contributed by atoms with Crippen molar-refractivity contribution in [1.29, 1.82) is 0 Å². The average Bonchev–Trinajstić information content (AvgIpc) is 2.75. The van der Waals surface area contributed by atoms with Crippen LogP contribution in [0.5, 0.6) is 5.75 Å². The summed E-state index contributed by atoms with van der Waals surface area (Å²) >= 11 is 7.10. The number of nitrogens with zero attached hydrogens (tertiary/aromatic N) is 1. The first-order valence-corrected chi connectivity index (χ1v) is 6.82. The van der Waals surface area contributed by atoms with Crippen LogP contribution in [0.4, 0.5) is 0 Å². The number of thiazole rings is 1. The smallest absolute Gasteiger partial charge is 0.134 e. The average molecular weight is 284 g/mol. The number of ether oxygens (including phenoxy) is 1. The molecule has 2 rings (SSSR count). The molecular weight excluding hydrogens is 270 g/mol. The van der Waals surface area contributed by atoms with E-state index < -0.39 is 6.10 Å². The Labute approximate surface area is 115 Å². The highest BCUT2D eigenvalue weighted by molar-refractivity contribution is 7.15. The van der Waals surface area contributed by atoms with Crippen molar-refractivity contribution < 1.29 is 9.84 Å². The Morgan fingerprint density at radius 3 is 2.67 bits per heavy atom. The molecule has 0 fully saturated rings. The summed E-state index contributed by atoms with van der Waals surface area (Å²) in [6.45, 7) is 3.90. The topological polar surface area (TPSA) is 42.4 Å². The maximum atomic E-state index is 10.3. The zero-order valence-corrected chi connectivity index (χ0v) is 11.7. The summed E-state index contributed by atoms with van der Waals surface area (Å²) in [5, 5.41) is 10.9. The standard InChI is InChI=1S/C13H14ClNO2S/c1-8(2)17-10-6-4-3-5-9(10)12(16)13-15-7-11(14)18-13/h3-8,12,16H,1-2H3. The van der Waals surface area contributed by atoms with Crippen LogP contribution in [0.3, 0.4) is 0 Å². The molecule has 1 N–H and O–H groups in total. The van der Waals surface area contributed by atoms with E-state index in [-0.39, 0.29) is 6.10 Å². The maximum absolute atomic E-state index is 10.3. The van der Waals surface area contributed by atoms with Gasteiger partial charge >= 0.3 is 0 Å². The lowest BCUT2D eigenvalue weighted by molar-refractivity contribution is 0.198. The van der Waals surface area contributed by atoms with Crippen molar-refractivity contribution in [3.8, 4) is 5.75 Å². The van der Waals surface area contributed by atoms with Crippen LogP contribution in [0.25, 0.3) is 0 Å². The molecule has 1 atom stereocenters. The van der Waals surface area contributed by atoms with E-state index in [4.69, 9.17) is 16.3 Å². The second kappa shape index (κ2) is 5.69. The Hall–Kier alpha value is -1.10. The largest absolute Gasteiger partial charge is 0.491 e. The van der Waals surface area contributed by atoms with E-state index in [0.717, 1.165) is 0 Å². The molecule has 3 nitrogen and oxygen atoms in total. The van der Waals surface area contributed by atoms with Crippen molar-refractivity contribution in [2.75, 3.05) is 0 Å². The molecule has 0 amide bonds. The first-order valence-electron chi connectivity index (χ1n) is 5.63. The van der Waals surface area contributed by atoms with Gasteiger partial charge in [-0.25, -0.2) is 4.98 Å². The summed E-state index contributed by atoms with van der Waals surface area (Å²) in [5.74, 6) is 0.673. The molecule has 0 radical (unpaired) electrons. The van der Waals surface area contributed by atoms with E-state index in [2.05, 4.69) is 4.98 Å². The summed E-state index contributed by atoms with van der Waals surface area (Å²) in [6, 6.07) is 7.41. The zero-order valence-electron chi connectivity index (χ0n) is 10.1. The van der Waals surface area contributed by atoms with Crippen molar-refractivity contribution in [3.63, 3.8) is 0 Å². The van der Waals surface area contributed by atoms with E-state index in [1.165, 1.54) is 17.5 Å². The van der Waals surface area contributed by atoms with Crippen LogP contribution >= 0.6 is 22.9 Å². The molecule has 0 saturated carbocycles. The molecule has 18 heavy (non-hydrogen) atoms. The third-order valence-electron chi connectivity index (χ3n) is 2.31. The molecule has 0 aliphatic heterocycles. The molecule has 96 valence electrons. The number of hydrogen-bond acceptors (Lipinski definition) is 4. The number of rotatable bonds is 4. The zero-order chi connectivity index (χ0) is 13.1. The quantitative estimate of drug-likeness (QED) is 0.931. The molecule has 1 unspecified atom stereocenters. The van der Waals surface area contributed by atoms with E-state index >= 15 is 0 Å². The summed E-state index contributed by atoms with van der Waals surface area (Å²) in [7, 11) is 0.